The minimum absolute atomic E-state index is 0.0381. The highest BCUT2D eigenvalue weighted by Gasteiger charge is 2.41. The van der Waals surface area contributed by atoms with Gasteiger partial charge in [0.05, 0.1) is 11.7 Å². The van der Waals surface area contributed by atoms with E-state index in [1.54, 1.807) is 11.7 Å². The van der Waals surface area contributed by atoms with E-state index in [1.807, 2.05) is 0 Å². The molecule has 1 aliphatic rings. The summed E-state index contributed by atoms with van der Waals surface area (Å²) in [5.74, 6) is 0.597. The fourth-order valence-corrected chi connectivity index (χ4v) is 2.12. The second-order valence-electron chi connectivity index (χ2n) is 3.68. The zero-order valence-electron chi connectivity index (χ0n) is 7.62. The van der Waals surface area contributed by atoms with Gasteiger partial charge in [-0.1, -0.05) is 0 Å². The second kappa shape index (κ2) is 3.87. The summed E-state index contributed by atoms with van der Waals surface area (Å²) >= 11 is 7.16. The van der Waals surface area contributed by atoms with Crippen molar-refractivity contribution in [2.24, 2.45) is 5.41 Å². The summed E-state index contributed by atoms with van der Waals surface area (Å²) in [6, 6.07) is 0. The molecule has 0 aliphatic heterocycles. The van der Waals surface area contributed by atoms with E-state index < -0.39 is 0 Å². The Hall–Kier alpha value is -0.610. The molecule has 14 heavy (non-hydrogen) atoms. The summed E-state index contributed by atoms with van der Waals surface area (Å²) in [6.07, 6.45) is 3.83. The Morgan fingerprint density at radius 2 is 2.50 bits per heavy atom. The van der Waals surface area contributed by atoms with Crippen molar-refractivity contribution in [3.05, 3.63) is 16.6 Å². The van der Waals surface area contributed by atoms with Crippen LogP contribution >= 0.6 is 22.9 Å². The number of thiazole rings is 1. The van der Waals surface area contributed by atoms with Gasteiger partial charge in [-0.15, -0.1) is 22.9 Å². The van der Waals surface area contributed by atoms with Crippen LogP contribution in [0.25, 0.3) is 0 Å². The third kappa shape index (κ3) is 2.07. The van der Waals surface area contributed by atoms with E-state index in [2.05, 4.69) is 10.3 Å². The zero-order chi connectivity index (χ0) is 10.0. The van der Waals surface area contributed by atoms with Crippen molar-refractivity contribution in [3.8, 4) is 0 Å². The Kier molecular flexibility index (Phi) is 2.74. The maximum Gasteiger partial charge on any atom is 0.263 e. The lowest BCUT2D eigenvalue weighted by Gasteiger charge is -2.11. The van der Waals surface area contributed by atoms with E-state index in [1.165, 1.54) is 11.3 Å². The number of nitrogens with zero attached hydrogens (tertiary/aromatic N) is 1. The Bertz CT molecular complexity index is 322. The molecule has 1 fully saturated rings. The van der Waals surface area contributed by atoms with E-state index >= 15 is 0 Å². The van der Waals surface area contributed by atoms with Crippen LogP contribution in [0.15, 0.2) is 11.7 Å². The van der Waals surface area contributed by atoms with E-state index in [0.29, 0.717) is 17.3 Å². The summed E-state index contributed by atoms with van der Waals surface area (Å²) in [4.78, 5) is 16.0. The third-order valence-corrected chi connectivity index (χ3v) is 3.86. The lowest BCUT2D eigenvalue weighted by Crippen LogP contribution is -2.30. The molecule has 5 heteroatoms. The summed E-state index contributed by atoms with van der Waals surface area (Å²) < 4.78 is 0. The molecular weight excluding hydrogens is 220 g/mol. The van der Waals surface area contributed by atoms with Gasteiger partial charge < -0.3 is 5.32 Å². The number of rotatable bonds is 4. The number of hydrogen-bond donors (Lipinski definition) is 1. The van der Waals surface area contributed by atoms with Crippen LogP contribution in [-0.4, -0.2) is 23.3 Å². The van der Waals surface area contributed by atoms with E-state index in [-0.39, 0.29) is 11.3 Å². The van der Waals surface area contributed by atoms with Crippen LogP contribution in [0.5, 0.6) is 0 Å². The molecule has 1 N–H and O–H groups in total. The maximum atomic E-state index is 11.5. The van der Waals surface area contributed by atoms with Gasteiger partial charge in [-0.2, -0.15) is 0 Å². The van der Waals surface area contributed by atoms with E-state index in [9.17, 15) is 4.79 Å². The number of amides is 1. The van der Waals surface area contributed by atoms with Crippen LogP contribution in [0.1, 0.15) is 22.5 Å². The Balaban J connectivity index is 1.84. The van der Waals surface area contributed by atoms with Gasteiger partial charge >= 0.3 is 0 Å². The first-order valence-corrected chi connectivity index (χ1v) is 5.90. The highest BCUT2D eigenvalue weighted by atomic mass is 35.5. The summed E-state index contributed by atoms with van der Waals surface area (Å²) in [7, 11) is 0. The third-order valence-electron chi connectivity index (χ3n) is 2.52. The van der Waals surface area contributed by atoms with Crippen molar-refractivity contribution in [3.63, 3.8) is 0 Å². The number of alkyl halides is 1. The second-order valence-corrected chi connectivity index (χ2v) is 4.84. The topological polar surface area (TPSA) is 42.0 Å². The first-order chi connectivity index (χ1) is 6.76. The molecule has 1 aliphatic carbocycles. The molecule has 3 nitrogen and oxygen atoms in total. The molecule has 76 valence electrons. The lowest BCUT2D eigenvalue weighted by atomic mass is 10.1. The van der Waals surface area contributed by atoms with Gasteiger partial charge in [-0.05, 0) is 12.8 Å². The molecule has 0 unspecified atom stereocenters. The monoisotopic (exact) mass is 230 g/mol. The standard InChI is InChI=1S/C9H11ClN2OS/c10-4-9(1-2-9)5-12-8(13)7-3-11-6-14-7/h3,6H,1-2,4-5H2,(H,12,13). The van der Waals surface area contributed by atoms with Gasteiger partial charge in [0, 0.05) is 17.8 Å². The smallest absolute Gasteiger partial charge is 0.263 e. The van der Waals surface area contributed by atoms with Crippen molar-refractivity contribution in [2.45, 2.75) is 12.8 Å². The predicted octanol–water partition coefficient (Wildman–Crippen LogP) is 1.89. The number of carbonyl (C=O) groups excluding carboxylic acids is 1. The van der Waals surface area contributed by atoms with Gasteiger partial charge in [0.15, 0.2) is 0 Å². The average Bonchev–Trinajstić information content (AvgIpc) is 2.78. The molecule has 0 radical (unpaired) electrons. The predicted molar refractivity (Wildman–Crippen MR) is 56.8 cm³/mol. The maximum absolute atomic E-state index is 11.5. The molecule has 1 amide bonds. The Morgan fingerprint density at radius 3 is 3.00 bits per heavy atom. The molecule has 0 aromatic carbocycles. The van der Waals surface area contributed by atoms with Crippen molar-refractivity contribution in [1.29, 1.82) is 0 Å². The molecule has 0 spiro atoms. The number of carbonyl (C=O) groups is 1. The van der Waals surface area contributed by atoms with Crippen LogP contribution in [-0.2, 0) is 0 Å². The largest absolute Gasteiger partial charge is 0.351 e. The average molecular weight is 231 g/mol. The Morgan fingerprint density at radius 1 is 1.71 bits per heavy atom. The molecule has 1 aromatic rings. The first-order valence-electron chi connectivity index (χ1n) is 4.48. The summed E-state index contributed by atoms with van der Waals surface area (Å²) in [6.45, 7) is 0.688. The highest BCUT2D eigenvalue weighted by molar-refractivity contribution is 7.11. The van der Waals surface area contributed by atoms with Gasteiger partial charge in [0.2, 0.25) is 0 Å². The van der Waals surface area contributed by atoms with E-state index in [0.717, 1.165) is 12.8 Å². The van der Waals surface area contributed by atoms with Crippen LogP contribution < -0.4 is 5.32 Å². The molecule has 2 rings (SSSR count). The van der Waals surface area contributed by atoms with Gasteiger partial charge in [0.1, 0.15) is 4.88 Å². The number of aromatic nitrogens is 1. The van der Waals surface area contributed by atoms with Crippen molar-refractivity contribution in [1.82, 2.24) is 10.3 Å². The number of hydrogen-bond acceptors (Lipinski definition) is 3. The molecular formula is C9H11ClN2OS. The Labute approximate surface area is 91.5 Å². The van der Waals surface area contributed by atoms with Crippen LogP contribution in [0.2, 0.25) is 0 Å². The van der Waals surface area contributed by atoms with Crippen molar-refractivity contribution >= 4 is 28.8 Å². The van der Waals surface area contributed by atoms with Gasteiger partial charge in [-0.3, -0.25) is 9.78 Å². The minimum Gasteiger partial charge on any atom is -0.351 e. The molecule has 1 aromatic heterocycles. The molecule has 0 atom stereocenters. The summed E-state index contributed by atoms with van der Waals surface area (Å²) in [5, 5.41) is 2.89. The minimum atomic E-state index is -0.0381. The lowest BCUT2D eigenvalue weighted by molar-refractivity contribution is 0.0950. The normalized spacial score (nSPS) is 17.8. The van der Waals surface area contributed by atoms with Gasteiger partial charge in [0.25, 0.3) is 5.91 Å². The highest BCUT2D eigenvalue weighted by Crippen LogP contribution is 2.45. The molecule has 1 saturated carbocycles. The molecule has 1 heterocycles. The SMILES string of the molecule is O=C(NCC1(CCl)CC1)c1cncs1. The van der Waals surface area contributed by atoms with Crippen LogP contribution in [0.3, 0.4) is 0 Å². The quantitative estimate of drug-likeness (QED) is 0.803. The van der Waals surface area contributed by atoms with E-state index in [4.69, 9.17) is 11.6 Å². The summed E-state index contributed by atoms with van der Waals surface area (Å²) in [5.41, 5.74) is 1.84. The van der Waals surface area contributed by atoms with Gasteiger partial charge in [-0.25, -0.2) is 0 Å². The van der Waals surface area contributed by atoms with Crippen molar-refractivity contribution in [2.75, 3.05) is 12.4 Å². The zero-order valence-corrected chi connectivity index (χ0v) is 9.20. The molecule has 0 bridgehead atoms. The molecule has 0 saturated heterocycles. The number of nitrogens with one attached hydrogen (secondary N) is 1. The fraction of sp³-hybridized carbons (Fsp3) is 0.556. The van der Waals surface area contributed by atoms with Crippen LogP contribution in [0.4, 0.5) is 0 Å². The first kappa shape index (κ1) is 9.93. The van der Waals surface area contributed by atoms with Crippen molar-refractivity contribution < 1.29 is 4.79 Å². The fourth-order valence-electron chi connectivity index (χ4n) is 1.22. The van der Waals surface area contributed by atoms with Crippen LogP contribution in [0, 0.1) is 5.41 Å². The number of halogens is 1.